The first-order valence-electron chi connectivity index (χ1n) is 5.40. The quantitative estimate of drug-likeness (QED) is 0.849. The van der Waals surface area contributed by atoms with Gasteiger partial charge in [-0.15, -0.1) is 11.6 Å². The first kappa shape index (κ1) is 12.8. The third-order valence-corrected chi connectivity index (χ3v) is 4.25. The molecular formula is C12H12BrClFNO. The van der Waals surface area contributed by atoms with E-state index in [2.05, 4.69) is 21.2 Å². The lowest BCUT2D eigenvalue weighted by molar-refractivity contribution is 0.0853. The second kappa shape index (κ2) is 4.94. The summed E-state index contributed by atoms with van der Waals surface area (Å²) in [6, 6.07) is 4.22. The normalized spacial score (nSPS) is 17.4. The lowest BCUT2D eigenvalue weighted by Crippen LogP contribution is -2.55. The smallest absolute Gasteiger partial charge is 0.251 e. The van der Waals surface area contributed by atoms with Gasteiger partial charge in [0.1, 0.15) is 5.82 Å². The highest BCUT2D eigenvalue weighted by Gasteiger charge is 2.37. The Hall–Kier alpha value is -0.610. The zero-order chi connectivity index (χ0) is 12.5. The molecule has 1 fully saturated rings. The van der Waals surface area contributed by atoms with Crippen molar-refractivity contribution in [3.8, 4) is 0 Å². The fraction of sp³-hybridized carbons (Fsp3) is 0.417. The Kier molecular flexibility index (Phi) is 3.73. The van der Waals surface area contributed by atoms with Crippen molar-refractivity contribution in [3.63, 3.8) is 0 Å². The van der Waals surface area contributed by atoms with E-state index in [0.29, 0.717) is 15.9 Å². The van der Waals surface area contributed by atoms with E-state index in [4.69, 9.17) is 11.6 Å². The number of carbonyl (C=O) groups excluding carboxylic acids is 1. The minimum atomic E-state index is -0.378. The van der Waals surface area contributed by atoms with Crippen molar-refractivity contribution in [1.29, 1.82) is 0 Å². The van der Waals surface area contributed by atoms with Crippen LogP contribution in [-0.2, 0) is 0 Å². The second-order valence-corrected chi connectivity index (χ2v) is 5.47. The summed E-state index contributed by atoms with van der Waals surface area (Å²) in [5, 5.41) is 2.93. The lowest BCUT2D eigenvalue weighted by atomic mass is 9.78. The first-order valence-corrected chi connectivity index (χ1v) is 6.73. The summed E-state index contributed by atoms with van der Waals surface area (Å²) in [6.45, 7) is 0. The van der Waals surface area contributed by atoms with Gasteiger partial charge in [0.15, 0.2) is 0 Å². The number of amides is 1. The van der Waals surface area contributed by atoms with Crippen LogP contribution in [0, 0.1) is 5.82 Å². The first-order chi connectivity index (χ1) is 8.06. The Morgan fingerprint density at radius 2 is 2.24 bits per heavy atom. The minimum absolute atomic E-state index is 0.203. The maximum Gasteiger partial charge on any atom is 0.251 e. The van der Waals surface area contributed by atoms with Crippen molar-refractivity contribution in [1.82, 2.24) is 5.32 Å². The number of hydrogen-bond donors (Lipinski definition) is 1. The minimum Gasteiger partial charge on any atom is -0.345 e. The van der Waals surface area contributed by atoms with Crippen LogP contribution in [0.25, 0.3) is 0 Å². The number of nitrogens with one attached hydrogen (secondary N) is 1. The van der Waals surface area contributed by atoms with Crippen molar-refractivity contribution in [2.75, 3.05) is 5.88 Å². The molecule has 0 radical (unpaired) electrons. The van der Waals surface area contributed by atoms with Crippen LogP contribution < -0.4 is 5.32 Å². The molecule has 17 heavy (non-hydrogen) atoms. The average molecular weight is 321 g/mol. The molecule has 1 saturated carbocycles. The maximum atomic E-state index is 13.0. The highest BCUT2D eigenvalue weighted by atomic mass is 79.9. The van der Waals surface area contributed by atoms with E-state index < -0.39 is 0 Å². The molecule has 0 atom stereocenters. The molecule has 1 aliphatic carbocycles. The van der Waals surface area contributed by atoms with Gasteiger partial charge in [0, 0.05) is 11.4 Å². The predicted octanol–water partition coefficient (Wildman–Crippen LogP) is 3.48. The van der Waals surface area contributed by atoms with Gasteiger partial charge in [-0.1, -0.05) is 0 Å². The highest BCUT2D eigenvalue weighted by Crippen LogP contribution is 2.33. The van der Waals surface area contributed by atoms with Gasteiger partial charge in [-0.2, -0.15) is 0 Å². The van der Waals surface area contributed by atoms with E-state index in [1.807, 2.05) is 0 Å². The topological polar surface area (TPSA) is 29.1 Å². The van der Waals surface area contributed by atoms with Crippen molar-refractivity contribution in [2.45, 2.75) is 24.8 Å². The monoisotopic (exact) mass is 319 g/mol. The molecule has 0 heterocycles. The van der Waals surface area contributed by atoms with Crippen LogP contribution >= 0.6 is 27.5 Å². The van der Waals surface area contributed by atoms with Gasteiger partial charge in [0.25, 0.3) is 5.91 Å². The van der Waals surface area contributed by atoms with Crippen LogP contribution in [0.3, 0.4) is 0 Å². The SMILES string of the molecule is O=C(NC1(CCl)CCC1)c1ccc(F)c(Br)c1. The van der Waals surface area contributed by atoms with Gasteiger partial charge in [0.2, 0.25) is 0 Å². The Morgan fingerprint density at radius 1 is 1.53 bits per heavy atom. The summed E-state index contributed by atoms with van der Waals surface area (Å²) in [5.41, 5.74) is 0.175. The van der Waals surface area contributed by atoms with Crippen LogP contribution in [-0.4, -0.2) is 17.3 Å². The molecule has 0 aliphatic heterocycles. The van der Waals surface area contributed by atoms with E-state index in [1.165, 1.54) is 18.2 Å². The molecule has 1 amide bonds. The number of benzene rings is 1. The molecule has 5 heteroatoms. The Bertz CT molecular complexity index is 443. The molecule has 1 aromatic rings. The summed E-state index contributed by atoms with van der Waals surface area (Å²) in [6.07, 6.45) is 2.90. The van der Waals surface area contributed by atoms with Gasteiger partial charge in [-0.25, -0.2) is 4.39 Å². The molecule has 0 aromatic heterocycles. The van der Waals surface area contributed by atoms with Crippen LogP contribution in [0.5, 0.6) is 0 Å². The van der Waals surface area contributed by atoms with E-state index in [-0.39, 0.29) is 17.3 Å². The molecule has 1 aliphatic rings. The van der Waals surface area contributed by atoms with E-state index in [0.717, 1.165) is 19.3 Å². The van der Waals surface area contributed by atoms with Crippen LogP contribution in [0.1, 0.15) is 29.6 Å². The summed E-state index contributed by atoms with van der Waals surface area (Å²) in [5.74, 6) is -0.163. The predicted molar refractivity (Wildman–Crippen MR) is 68.9 cm³/mol. The van der Waals surface area contributed by atoms with E-state index in [9.17, 15) is 9.18 Å². The zero-order valence-electron chi connectivity index (χ0n) is 9.10. The van der Waals surface area contributed by atoms with Crippen LogP contribution in [0.15, 0.2) is 22.7 Å². The van der Waals surface area contributed by atoms with Gasteiger partial charge in [-0.3, -0.25) is 4.79 Å². The molecule has 92 valence electrons. The fourth-order valence-electron chi connectivity index (χ4n) is 1.85. The Balaban J connectivity index is 2.11. The zero-order valence-corrected chi connectivity index (χ0v) is 11.4. The molecule has 0 unspecified atom stereocenters. The summed E-state index contributed by atoms with van der Waals surface area (Å²) < 4.78 is 13.3. The van der Waals surface area contributed by atoms with Crippen molar-refractivity contribution in [3.05, 3.63) is 34.1 Å². The largest absolute Gasteiger partial charge is 0.345 e. The molecular weight excluding hydrogens is 308 g/mol. The second-order valence-electron chi connectivity index (χ2n) is 4.35. The third-order valence-electron chi connectivity index (χ3n) is 3.13. The molecule has 0 bridgehead atoms. The standard InChI is InChI=1S/C12H12BrClFNO/c13-9-6-8(2-3-10(9)15)11(17)16-12(7-14)4-1-5-12/h2-3,6H,1,4-5,7H2,(H,16,17). The lowest BCUT2D eigenvalue weighted by Gasteiger charge is -2.41. The van der Waals surface area contributed by atoms with Crippen LogP contribution in [0.4, 0.5) is 4.39 Å². The Labute approximate surface area is 113 Å². The number of halogens is 3. The van der Waals surface area contributed by atoms with E-state index >= 15 is 0 Å². The van der Waals surface area contributed by atoms with Crippen molar-refractivity contribution < 1.29 is 9.18 Å². The molecule has 1 aromatic carbocycles. The Morgan fingerprint density at radius 3 is 2.71 bits per heavy atom. The molecule has 0 spiro atoms. The molecule has 2 nitrogen and oxygen atoms in total. The average Bonchev–Trinajstić information content (AvgIpc) is 2.27. The van der Waals surface area contributed by atoms with E-state index in [1.54, 1.807) is 0 Å². The molecule has 2 rings (SSSR count). The van der Waals surface area contributed by atoms with Gasteiger partial charge >= 0.3 is 0 Å². The summed E-state index contributed by atoms with van der Waals surface area (Å²) >= 11 is 8.93. The molecule has 1 N–H and O–H groups in total. The van der Waals surface area contributed by atoms with Crippen molar-refractivity contribution >= 4 is 33.4 Å². The fourth-order valence-corrected chi connectivity index (χ4v) is 2.56. The maximum absolute atomic E-state index is 13.0. The summed E-state index contributed by atoms with van der Waals surface area (Å²) in [7, 11) is 0. The number of rotatable bonds is 3. The summed E-state index contributed by atoms with van der Waals surface area (Å²) in [4.78, 5) is 12.0. The van der Waals surface area contributed by atoms with Crippen molar-refractivity contribution in [2.24, 2.45) is 0 Å². The third kappa shape index (κ3) is 2.63. The van der Waals surface area contributed by atoms with Gasteiger partial charge in [-0.05, 0) is 53.4 Å². The van der Waals surface area contributed by atoms with Gasteiger partial charge < -0.3 is 5.32 Å². The number of hydrogen-bond acceptors (Lipinski definition) is 1. The number of carbonyl (C=O) groups is 1. The van der Waals surface area contributed by atoms with Crippen LogP contribution in [0.2, 0.25) is 0 Å². The highest BCUT2D eigenvalue weighted by molar-refractivity contribution is 9.10. The molecule has 0 saturated heterocycles. The van der Waals surface area contributed by atoms with Gasteiger partial charge in [0.05, 0.1) is 10.0 Å². The number of alkyl halides is 1.